The van der Waals surface area contributed by atoms with Gasteiger partial charge in [0.2, 0.25) is 11.9 Å². The molecule has 0 bridgehead atoms. The minimum absolute atomic E-state index is 0.566. The highest BCUT2D eigenvalue weighted by Gasteiger charge is 2.27. The van der Waals surface area contributed by atoms with Gasteiger partial charge >= 0.3 is 0 Å². The van der Waals surface area contributed by atoms with Crippen LogP contribution in [0.25, 0.3) is 286 Å². The molecule has 10 nitrogen and oxygen atoms in total. The molecule has 30 rings (SSSR count). The summed E-state index contributed by atoms with van der Waals surface area (Å²) in [6.45, 7) is 0. The highest BCUT2D eigenvalue weighted by Crippen LogP contribution is 2.47. The Balaban J connectivity index is 0.000000134. The van der Waals surface area contributed by atoms with Gasteiger partial charge in [0.1, 0.15) is 0 Å². The number of aromatic nitrogens is 10. The molecule has 30 aromatic rings. The fourth-order valence-electron chi connectivity index (χ4n) is 22.7. The Bertz CT molecular complexity index is 10300. The first-order valence-corrected chi connectivity index (χ1v) is 47.7. The van der Waals surface area contributed by atoms with Crippen molar-refractivity contribution in [2.24, 2.45) is 0 Å². The molecule has 0 aliphatic rings. The third-order valence-corrected chi connectivity index (χ3v) is 29.0. The van der Waals surface area contributed by atoms with Crippen molar-refractivity contribution < 1.29 is 0 Å². The maximum Gasteiger partial charge on any atom is 0.238 e. The van der Waals surface area contributed by atoms with Gasteiger partial charge in [0.25, 0.3) is 0 Å². The van der Waals surface area contributed by atoms with Crippen LogP contribution in [-0.4, -0.2) is 48.2 Å². The smallest absolute Gasteiger partial charge is 0.238 e. The second-order valence-corrected chi connectivity index (χ2v) is 36.7. The van der Waals surface area contributed by atoms with Crippen LogP contribution in [0.4, 0.5) is 0 Å². The molecule has 6 heterocycles. The zero-order valence-electron chi connectivity index (χ0n) is 75.5. The Morgan fingerprint density at radius 1 is 0.129 bits per heavy atom. The Hall–Kier alpha value is -18.9. The summed E-state index contributed by atoms with van der Waals surface area (Å²) in [5.74, 6) is 3.62. The van der Waals surface area contributed by atoms with Crippen molar-refractivity contribution in [3.8, 4) is 91.1 Å². The molecule has 0 spiro atoms. The number of fused-ring (bicyclic) bond motifs is 26. The molecular formula is C130H78N10. The van der Waals surface area contributed by atoms with Gasteiger partial charge in [-0.2, -0.15) is 19.9 Å². The summed E-state index contributed by atoms with van der Waals surface area (Å²) >= 11 is 0. The quantitative estimate of drug-likeness (QED) is 0.127. The topological polar surface area (TPSA) is 97.1 Å². The summed E-state index contributed by atoms with van der Waals surface area (Å²) in [5, 5.41) is 32.7. The summed E-state index contributed by atoms with van der Waals surface area (Å²) in [5.41, 5.74) is 19.6. The van der Waals surface area contributed by atoms with Gasteiger partial charge in [-0.1, -0.05) is 358 Å². The summed E-state index contributed by atoms with van der Waals surface area (Å²) < 4.78 is 9.29. The molecule has 10 heteroatoms. The van der Waals surface area contributed by atoms with Gasteiger partial charge in [-0.15, -0.1) is 0 Å². The molecule has 0 fully saturated rings. The lowest BCUT2D eigenvalue weighted by Crippen LogP contribution is -2.07. The van der Waals surface area contributed by atoms with E-state index in [1.807, 2.05) is 0 Å². The lowest BCUT2D eigenvalue weighted by atomic mass is 9.96. The second kappa shape index (κ2) is 31.4. The Morgan fingerprint density at radius 2 is 0.379 bits per heavy atom. The van der Waals surface area contributed by atoms with E-state index in [1.165, 1.54) is 92.4 Å². The first-order chi connectivity index (χ1) is 69.4. The average molecular weight is 1780 g/mol. The van der Waals surface area contributed by atoms with Gasteiger partial charge in [0.15, 0.2) is 23.3 Å². The van der Waals surface area contributed by atoms with Gasteiger partial charge < -0.3 is 9.13 Å². The van der Waals surface area contributed by atoms with Crippen LogP contribution in [0.3, 0.4) is 0 Å². The number of nitrogens with zero attached hydrogens (tertiary/aromatic N) is 10. The van der Waals surface area contributed by atoms with E-state index in [2.05, 4.69) is 491 Å². The second-order valence-electron chi connectivity index (χ2n) is 36.7. The normalized spacial score (nSPS) is 12.0. The van der Waals surface area contributed by atoms with Crippen molar-refractivity contribution >= 4 is 195 Å². The fourth-order valence-corrected chi connectivity index (χ4v) is 22.7. The number of benzene rings is 24. The van der Waals surface area contributed by atoms with E-state index >= 15 is 0 Å². The fraction of sp³-hybridized carbons (Fsp3) is 0. The zero-order valence-corrected chi connectivity index (χ0v) is 75.5. The minimum atomic E-state index is 0.566. The van der Waals surface area contributed by atoms with E-state index in [0.717, 1.165) is 158 Å². The van der Waals surface area contributed by atoms with Crippen molar-refractivity contribution in [3.05, 3.63) is 473 Å². The predicted octanol–water partition coefficient (Wildman–Crippen LogP) is 33.7. The van der Waals surface area contributed by atoms with Gasteiger partial charge in [0, 0.05) is 76.4 Å². The van der Waals surface area contributed by atoms with Crippen LogP contribution in [0.2, 0.25) is 0 Å². The molecule has 0 saturated heterocycles. The molecule has 0 aliphatic heterocycles. The van der Waals surface area contributed by atoms with Crippen molar-refractivity contribution in [1.82, 2.24) is 48.2 Å². The van der Waals surface area contributed by atoms with E-state index in [-0.39, 0.29) is 0 Å². The lowest BCUT2D eigenvalue weighted by Gasteiger charge is -2.15. The molecule has 6 aromatic heterocycles. The Labute approximate surface area is 801 Å². The summed E-state index contributed by atoms with van der Waals surface area (Å²) in [4.78, 5) is 32.9. The van der Waals surface area contributed by atoms with E-state index in [4.69, 9.17) is 29.9 Å². The monoisotopic (exact) mass is 1780 g/mol. The average Bonchev–Trinajstić information content (AvgIpc) is 1.50. The van der Waals surface area contributed by atoms with Crippen LogP contribution in [0.1, 0.15) is 0 Å². The van der Waals surface area contributed by atoms with Crippen LogP contribution >= 0.6 is 0 Å². The molecular weight excluding hydrogens is 1700 g/mol. The van der Waals surface area contributed by atoms with E-state index in [9.17, 15) is 0 Å². The molecule has 0 radical (unpaired) electrons. The number of hydrogen-bond donors (Lipinski definition) is 0. The van der Waals surface area contributed by atoms with Crippen molar-refractivity contribution in [3.63, 3.8) is 0 Å². The van der Waals surface area contributed by atoms with Crippen molar-refractivity contribution in [2.45, 2.75) is 0 Å². The first kappa shape index (κ1) is 78.6. The zero-order chi connectivity index (χ0) is 91.7. The molecule has 0 aliphatic carbocycles. The highest BCUT2D eigenvalue weighted by molar-refractivity contribution is 6.21. The third kappa shape index (κ3) is 12.4. The van der Waals surface area contributed by atoms with Gasteiger partial charge in [-0.3, -0.25) is 9.13 Å². The Morgan fingerprint density at radius 3 is 0.736 bits per heavy atom. The first-order valence-electron chi connectivity index (χ1n) is 47.7. The number of hydrogen-bond acceptors (Lipinski definition) is 6. The molecule has 0 atom stereocenters. The molecule has 140 heavy (non-hydrogen) atoms. The largest absolute Gasteiger partial charge is 0.309 e. The summed E-state index contributed by atoms with van der Waals surface area (Å²) in [6.07, 6.45) is 0. The van der Waals surface area contributed by atoms with E-state index < -0.39 is 0 Å². The van der Waals surface area contributed by atoms with Crippen molar-refractivity contribution in [1.29, 1.82) is 0 Å². The van der Waals surface area contributed by atoms with Crippen molar-refractivity contribution in [2.75, 3.05) is 0 Å². The molecule has 648 valence electrons. The standard InChI is InChI=1S/2C65H39N5/c1-6-22-47-40(16-1)19-15-31-58(47)69-59-29-13-11-27-52(59)54-36-41(32-34-61(54)69)42-33-35-62-55(37-42)53-28-12-14-30-60(53)70(62)65-67-63(56-38-43-17-2-4-20-45(43)48-23-7-9-25-50(48)56)66-64(68-65)57-39-44-18-3-5-21-46(44)49-24-8-10-26-51(49)57;1-2-16-41-35-46(32-29-40(41)15-1)69-59-27-13-11-25-53(59)55-36-42(30-33-61(55)69)43-31-34-62-56(37-43)54-26-12-14-28-60(54)70(62)65-67-63(57-38-44-17-3-5-19-47(44)49-21-7-9-23-51(49)57)66-64(68-65)58-39-45-18-4-6-20-48(45)50-22-8-10-24-52(50)58/h2*1-39H. The van der Waals surface area contributed by atoms with Crippen LogP contribution < -0.4 is 0 Å². The maximum absolute atomic E-state index is 5.50. The lowest BCUT2D eigenvalue weighted by molar-refractivity contribution is 0.955. The Kier molecular flexibility index (Phi) is 17.6. The predicted molar refractivity (Wildman–Crippen MR) is 585 cm³/mol. The van der Waals surface area contributed by atoms with Crippen LogP contribution in [0.15, 0.2) is 473 Å². The summed E-state index contributed by atoms with van der Waals surface area (Å²) in [7, 11) is 0. The van der Waals surface area contributed by atoms with Gasteiger partial charge in [0.05, 0.1) is 49.8 Å². The van der Waals surface area contributed by atoms with Gasteiger partial charge in [-0.05, 0) is 240 Å². The summed E-state index contributed by atoms with van der Waals surface area (Å²) in [6, 6.07) is 171. The molecule has 24 aromatic carbocycles. The number of para-hydroxylation sites is 4. The van der Waals surface area contributed by atoms with Crippen LogP contribution in [0, 0.1) is 0 Å². The van der Waals surface area contributed by atoms with Gasteiger partial charge in [-0.25, -0.2) is 9.97 Å². The minimum Gasteiger partial charge on any atom is -0.309 e. The van der Waals surface area contributed by atoms with Crippen LogP contribution in [-0.2, 0) is 0 Å². The SMILES string of the molecule is c1ccc2c(-n3c4ccccc4c4cc(-c5ccc6c(c5)c5ccccc5n6-c5nc(-c6cc7ccccc7c7ccccc67)nc(-c6cc7ccccc7c7ccccc67)n5)ccc43)cccc2c1.c1ccc2cc(-n3c4ccccc4c4cc(-c5ccc6c(c5)c5ccccc5n6-c5nc(-c6cc7ccccc7c7ccccc67)nc(-c6cc7ccccc7c7ccccc67)n5)ccc43)ccc2c1. The highest BCUT2D eigenvalue weighted by atomic mass is 15.2. The molecule has 0 N–H and O–H groups in total. The third-order valence-electron chi connectivity index (χ3n) is 29.0. The van der Waals surface area contributed by atoms with Crippen LogP contribution in [0.5, 0.6) is 0 Å². The molecule has 0 saturated carbocycles. The molecule has 0 unspecified atom stereocenters. The number of rotatable bonds is 10. The molecule has 0 amide bonds. The van der Waals surface area contributed by atoms with E-state index in [0.29, 0.717) is 35.2 Å². The van der Waals surface area contributed by atoms with E-state index in [1.54, 1.807) is 0 Å². The maximum atomic E-state index is 5.50.